The molecule has 0 spiro atoms. The smallest absolute Gasteiger partial charge is 0.333 e. The number of rotatable bonds is 4. The van der Waals surface area contributed by atoms with Crippen LogP contribution >= 0.6 is 0 Å². The van der Waals surface area contributed by atoms with Gasteiger partial charge in [-0.3, -0.25) is 0 Å². The minimum Gasteiger partial charge on any atom is -0.455 e. The van der Waals surface area contributed by atoms with Crippen molar-refractivity contribution >= 4 is 5.97 Å². The quantitative estimate of drug-likeness (QED) is 0.445. The predicted octanol–water partition coefficient (Wildman–Crippen LogP) is 2.28. The van der Waals surface area contributed by atoms with Crippen LogP contribution in [0.4, 0.5) is 0 Å². The largest absolute Gasteiger partial charge is 0.455 e. The third-order valence-corrected chi connectivity index (χ3v) is 5.39. The lowest BCUT2D eigenvalue weighted by Gasteiger charge is -2.41. The molecule has 4 nitrogen and oxygen atoms in total. The summed E-state index contributed by atoms with van der Waals surface area (Å²) in [6.45, 7) is 5.37. The summed E-state index contributed by atoms with van der Waals surface area (Å²) >= 11 is 0. The number of carbonyl (C=O) groups excluding carboxylic acids is 1. The molecule has 4 unspecified atom stereocenters. The maximum atomic E-state index is 11.9. The molecule has 0 N–H and O–H groups in total. The summed E-state index contributed by atoms with van der Waals surface area (Å²) in [5.41, 5.74) is 0.0661. The molecule has 0 saturated heterocycles. The monoisotopic (exact) mass is 266 g/mol. The van der Waals surface area contributed by atoms with Crippen molar-refractivity contribution < 1.29 is 19.0 Å². The number of methoxy groups -OCH3 is 2. The normalized spacial score (nSPS) is 41.5. The number of carbonyl (C=O) groups is 1. The van der Waals surface area contributed by atoms with Crippen molar-refractivity contribution in [2.75, 3.05) is 14.2 Å². The molecular weight excluding hydrogens is 244 g/mol. The second-order valence-electron chi connectivity index (χ2n) is 6.36. The fourth-order valence-corrected chi connectivity index (χ4v) is 4.82. The van der Waals surface area contributed by atoms with Gasteiger partial charge in [-0.05, 0) is 38.5 Å². The third-order valence-electron chi connectivity index (χ3n) is 5.39. The van der Waals surface area contributed by atoms with E-state index in [2.05, 4.69) is 6.58 Å². The number of ether oxygens (including phenoxy) is 3. The Morgan fingerprint density at radius 1 is 1.21 bits per heavy atom. The average molecular weight is 266 g/mol. The highest BCUT2D eigenvalue weighted by atomic mass is 16.7. The van der Waals surface area contributed by atoms with Crippen LogP contribution in [0.3, 0.4) is 0 Å². The van der Waals surface area contributed by atoms with Gasteiger partial charge in [0.1, 0.15) is 5.60 Å². The van der Waals surface area contributed by atoms with Crippen LogP contribution in [0.5, 0.6) is 0 Å². The molecule has 4 heteroatoms. The number of hydrogen-bond acceptors (Lipinski definition) is 4. The highest BCUT2D eigenvalue weighted by molar-refractivity contribution is 5.87. The maximum Gasteiger partial charge on any atom is 0.333 e. The summed E-state index contributed by atoms with van der Waals surface area (Å²) in [5.74, 6) is 0.275. The van der Waals surface area contributed by atoms with E-state index in [1.807, 2.05) is 0 Å². The summed E-state index contributed by atoms with van der Waals surface area (Å²) in [6.07, 6.45) is 3.95. The molecule has 0 aromatic carbocycles. The molecule has 106 valence electrons. The zero-order chi connectivity index (χ0) is 13.8. The highest BCUT2D eigenvalue weighted by Crippen LogP contribution is 2.67. The molecule has 4 fully saturated rings. The molecule has 0 radical (unpaired) electrons. The first-order valence-electron chi connectivity index (χ1n) is 6.96. The molecule has 0 aliphatic heterocycles. The van der Waals surface area contributed by atoms with Crippen molar-refractivity contribution in [2.45, 2.75) is 44.0 Å². The van der Waals surface area contributed by atoms with Crippen molar-refractivity contribution in [1.29, 1.82) is 0 Å². The van der Waals surface area contributed by atoms with Crippen LogP contribution in [0.1, 0.15) is 32.6 Å². The number of hydrogen-bond donors (Lipinski definition) is 0. The molecule has 0 aromatic heterocycles. The Hall–Kier alpha value is -0.870. The molecule has 4 saturated carbocycles. The Bertz CT molecular complexity index is 426. The van der Waals surface area contributed by atoms with Gasteiger partial charge in [0, 0.05) is 25.7 Å². The number of esters is 1. The van der Waals surface area contributed by atoms with E-state index in [-0.39, 0.29) is 11.9 Å². The molecule has 0 aromatic rings. The first kappa shape index (κ1) is 13.1. The topological polar surface area (TPSA) is 44.8 Å². The molecule has 19 heavy (non-hydrogen) atoms. The minimum absolute atomic E-state index is 0.155. The highest BCUT2D eigenvalue weighted by Gasteiger charge is 2.72. The van der Waals surface area contributed by atoms with Crippen LogP contribution in [0, 0.1) is 17.8 Å². The summed E-state index contributed by atoms with van der Waals surface area (Å²) in [4.78, 5) is 11.9. The fourth-order valence-electron chi connectivity index (χ4n) is 4.82. The SMILES string of the molecule is C=C(C)C(=O)OC12CC3CC(C1)C(OC)(OC)C2C3. The fraction of sp³-hybridized carbons (Fsp3) is 0.800. The van der Waals surface area contributed by atoms with Gasteiger partial charge in [0.15, 0.2) is 5.79 Å². The van der Waals surface area contributed by atoms with Gasteiger partial charge in [-0.2, -0.15) is 0 Å². The molecule has 4 aliphatic rings. The van der Waals surface area contributed by atoms with Gasteiger partial charge in [0.2, 0.25) is 0 Å². The van der Waals surface area contributed by atoms with Gasteiger partial charge in [0.05, 0.1) is 5.92 Å². The third kappa shape index (κ3) is 1.56. The van der Waals surface area contributed by atoms with Crippen molar-refractivity contribution in [2.24, 2.45) is 17.8 Å². The van der Waals surface area contributed by atoms with E-state index in [0.717, 1.165) is 25.7 Å². The second kappa shape index (κ2) is 4.06. The second-order valence-corrected chi connectivity index (χ2v) is 6.36. The minimum atomic E-state index is -0.567. The van der Waals surface area contributed by atoms with E-state index in [1.165, 1.54) is 0 Å². The van der Waals surface area contributed by atoms with Gasteiger partial charge in [0.25, 0.3) is 0 Å². The maximum absolute atomic E-state index is 11.9. The Morgan fingerprint density at radius 3 is 2.47 bits per heavy atom. The zero-order valence-corrected chi connectivity index (χ0v) is 11.9. The van der Waals surface area contributed by atoms with Crippen LogP contribution in [-0.4, -0.2) is 31.6 Å². The predicted molar refractivity (Wildman–Crippen MR) is 69.3 cm³/mol. The summed E-state index contributed by atoms with van der Waals surface area (Å²) in [5, 5.41) is 0. The molecule has 0 heterocycles. The zero-order valence-electron chi connectivity index (χ0n) is 11.9. The van der Waals surface area contributed by atoms with Crippen LogP contribution in [0.25, 0.3) is 0 Å². The van der Waals surface area contributed by atoms with Crippen molar-refractivity contribution in [3.8, 4) is 0 Å². The van der Waals surface area contributed by atoms with E-state index in [0.29, 0.717) is 17.4 Å². The summed E-state index contributed by atoms with van der Waals surface area (Å²) in [7, 11) is 3.40. The molecule has 4 aliphatic carbocycles. The van der Waals surface area contributed by atoms with E-state index >= 15 is 0 Å². The molecule has 0 amide bonds. The molecule has 4 bridgehead atoms. The summed E-state index contributed by atoms with van der Waals surface area (Å²) < 4.78 is 17.3. The van der Waals surface area contributed by atoms with Crippen LogP contribution in [-0.2, 0) is 19.0 Å². The van der Waals surface area contributed by atoms with E-state index < -0.39 is 11.4 Å². The Morgan fingerprint density at radius 2 is 1.89 bits per heavy atom. The van der Waals surface area contributed by atoms with Gasteiger partial charge in [-0.25, -0.2) is 4.79 Å². The standard InChI is InChI=1S/C15H22O4/c1-9(2)13(16)19-14-7-10-5-11(8-14)15(17-3,18-4)12(14)6-10/h10-12H,1,5-8H2,2-4H3. The van der Waals surface area contributed by atoms with Crippen molar-refractivity contribution in [1.82, 2.24) is 0 Å². The Labute approximate surface area is 114 Å². The Balaban J connectivity index is 1.93. The summed E-state index contributed by atoms with van der Waals surface area (Å²) in [6, 6.07) is 0. The van der Waals surface area contributed by atoms with E-state index in [4.69, 9.17) is 14.2 Å². The lowest BCUT2D eigenvalue weighted by molar-refractivity contribution is -0.269. The van der Waals surface area contributed by atoms with E-state index in [9.17, 15) is 4.79 Å². The van der Waals surface area contributed by atoms with Crippen molar-refractivity contribution in [3.05, 3.63) is 12.2 Å². The van der Waals surface area contributed by atoms with Gasteiger partial charge >= 0.3 is 5.97 Å². The van der Waals surface area contributed by atoms with Gasteiger partial charge in [-0.1, -0.05) is 6.58 Å². The lowest BCUT2D eigenvalue weighted by atomic mass is 9.78. The van der Waals surface area contributed by atoms with Crippen molar-refractivity contribution in [3.63, 3.8) is 0 Å². The van der Waals surface area contributed by atoms with Crippen LogP contribution < -0.4 is 0 Å². The van der Waals surface area contributed by atoms with Crippen LogP contribution in [0.2, 0.25) is 0 Å². The molecule has 4 rings (SSSR count). The van der Waals surface area contributed by atoms with E-state index in [1.54, 1.807) is 21.1 Å². The first-order chi connectivity index (χ1) is 8.97. The Kier molecular flexibility index (Phi) is 2.81. The average Bonchev–Trinajstić information content (AvgIpc) is 2.72. The lowest BCUT2D eigenvalue weighted by Crippen LogP contribution is -2.48. The molecular formula is C15H22O4. The first-order valence-corrected chi connectivity index (χ1v) is 6.96. The van der Waals surface area contributed by atoms with Crippen LogP contribution in [0.15, 0.2) is 12.2 Å². The van der Waals surface area contributed by atoms with Gasteiger partial charge in [-0.15, -0.1) is 0 Å². The molecule has 4 atom stereocenters. The van der Waals surface area contributed by atoms with Gasteiger partial charge < -0.3 is 14.2 Å².